The number of anilines is 1. The first-order valence-electron chi connectivity index (χ1n) is 9.86. The molecule has 0 saturated carbocycles. The predicted octanol–water partition coefficient (Wildman–Crippen LogP) is 2.56. The molecule has 0 aliphatic heterocycles. The van der Waals surface area contributed by atoms with Crippen molar-refractivity contribution >= 4 is 28.8 Å². The fourth-order valence-electron chi connectivity index (χ4n) is 2.95. The van der Waals surface area contributed by atoms with Crippen LogP contribution in [0.2, 0.25) is 0 Å². The van der Waals surface area contributed by atoms with Crippen molar-refractivity contribution in [1.29, 1.82) is 0 Å². The second-order valence-corrected chi connectivity index (χ2v) is 8.16. The topological polar surface area (TPSA) is 113 Å². The molecule has 4 aromatic heterocycles. The van der Waals surface area contributed by atoms with Crippen LogP contribution in [0.5, 0.6) is 0 Å². The fraction of sp³-hybridized carbons (Fsp3) is 0.300. The number of rotatable bonds is 7. The summed E-state index contributed by atoms with van der Waals surface area (Å²) in [5.41, 5.74) is 2.22. The maximum absolute atomic E-state index is 11.9. The van der Waals surface area contributed by atoms with Crippen LogP contribution < -0.4 is 10.6 Å². The minimum absolute atomic E-state index is 0.310. The smallest absolute Gasteiger partial charge is 0.320 e. The molecule has 0 radical (unpaired) electrons. The van der Waals surface area contributed by atoms with Gasteiger partial charge in [-0.05, 0) is 33.2 Å². The monoisotopic (exact) mass is 437 g/mol. The summed E-state index contributed by atoms with van der Waals surface area (Å²) >= 11 is 1.50. The Morgan fingerprint density at radius 1 is 1.26 bits per heavy atom. The van der Waals surface area contributed by atoms with Crippen molar-refractivity contribution in [1.82, 2.24) is 39.8 Å². The zero-order valence-electron chi connectivity index (χ0n) is 17.5. The minimum atomic E-state index is -0.310. The molecule has 0 aliphatic rings. The van der Waals surface area contributed by atoms with Crippen molar-refractivity contribution in [2.24, 2.45) is 0 Å². The van der Waals surface area contributed by atoms with Crippen molar-refractivity contribution < 1.29 is 4.79 Å². The average molecular weight is 438 g/mol. The minimum Gasteiger partial charge on any atom is -0.338 e. The number of likely N-dealkylation sites (N-methyl/N-ethyl adjacent to an activating group) is 1. The number of carbonyl (C=O) groups is 1. The Morgan fingerprint density at radius 2 is 2.13 bits per heavy atom. The van der Waals surface area contributed by atoms with Gasteiger partial charge in [0.15, 0.2) is 16.6 Å². The summed E-state index contributed by atoms with van der Waals surface area (Å²) in [4.78, 5) is 27.6. The third-order valence-electron chi connectivity index (χ3n) is 4.42. The van der Waals surface area contributed by atoms with E-state index in [0.29, 0.717) is 28.8 Å². The van der Waals surface area contributed by atoms with E-state index in [1.807, 2.05) is 43.6 Å². The first kappa shape index (κ1) is 20.8. The van der Waals surface area contributed by atoms with E-state index in [1.165, 1.54) is 11.3 Å². The molecule has 0 atom stereocenters. The number of hydrogen-bond donors (Lipinski definition) is 2. The van der Waals surface area contributed by atoms with E-state index in [2.05, 4.69) is 35.7 Å². The number of amides is 2. The molecular weight excluding hydrogens is 414 g/mol. The number of nitrogens with one attached hydrogen (secondary N) is 2. The lowest BCUT2D eigenvalue weighted by atomic mass is 10.2. The number of fused-ring (bicyclic) bond motifs is 1. The molecular formula is C20H23N9OS. The van der Waals surface area contributed by atoms with Gasteiger partial charge >= 0.3 is 6.03 Å². The van der Waals surface area contributed by atoms with E-state index in [4.69, 9.17) is 4.98 Å². The Morgan fingerprint density at radius 3 is 2.87 bits per heavy atom. The highest BCUT2D eigenvalue weighted by Gasteiger charge is 2.17. The highest BCUT2D eigenvalue weighted by atomic mass is 32.1. The largest absolute Gasteiger partial charge is 0.338 e. The van der Waals surface area contributed by atoms with Crippen LogP contribution in [0.25, 0.3) is 27.7 Å². The lowest BCUT2D eigenvalue weighted by Crippen LogP contribution is -2.28. The van der Waals surface area contributed by atoms with Gasteiger partial charge in [-0.1, -0.05) is 11.3 Å². The molecule has 0 spiro atoms. The Balaban J connectivity index is 1.77. The first-order valence-corrected chi connectivity index (χ1v) is 10.7. The third-order valence-corrected chi connectivity index (χ3v) is 5.40. The molecule has 10 nitrogen and oxygen atoms in total. The Kier molecular flexibility index (Phi) is 6.14. The number of imidazole rings is 1. The molecule has 2 amide bonds. The Hall–Kier alpha value is -3.44. The maximum atomic E-state index is 11.9. The van der Waals surface area contributed by atoms with Gasteiger partial charge in [-0.15, -0.1) is 10.2 Å². The molecule has 11 heteroatoms. The molecule has 0 aliphatic carbocycles. The average Bonchev–Trinajstić information content (AvgIpc) is 3.38. The van der Waals surface area contributed by atoms with Gasteiger partial charge in [0, 0.05) is 43.5 Å². The normalized spacial score (nSPS) is 11.2. The van der Waals surface area contributed by atoms with Crippen LogP contribution in [-0.2, 0) is 6.42 Å². The number of hydrogen-bond acceptors (Lipinski definition) is 8. The van der Waals surface area contributed by atoms with Crippen molar-refractivity contribution in [3.8, 4) is 22.1 Å². The van der Waals surface area contributed by atoms with Crippen LogP contribution in [0.4, 0.5) is 10.6 Å². The molecule has 0 fully saturated rings. The molecule has 0 unspecified atom stereocenters. The van der Waals surface area contributed by atoms with Crippen LogP contribution in [0.1, 0.15) is 11.9 Å². The summed E-state index contributed by atoms with van der Waals surface area (Å²) in [6.45, 7) is 3.27. The quantitative estimate of drug-likeness (QED) is 0.457. The molecule has 0 aromatic carbocycles. The third kappa shape index (κ3) is 4.84. The second kappa shape index (κ2) is 9.14. The van der Waals surface area contributed by atoms with Gasteiger partial charge in [0.1, 0.15) is 10.7 Å². The zero-order valence-corrected chi connectivity index (χ0v) is 18.3. The van der Waals surface area contributed by atoms with E-state index in [0.717, 1.165) is 29.2 Å². The highest BCUT2D eigenvalue weighted by Crippen LogP contribution is 2.28. The molecule has 4 heterocycles. The Bertz CT molecular complexity index is 1190. The van der Waals surface area contributed by atoms with Gasteiger partial charge in [-0.25, -0.2) is 14.8 Å². The predicted molar refractivity (Wildman–Crippen MR) is 120 cm³/mol. The number of carbonyl (C=O) groups excluding carboxylic acids is 1. The molecule has 31 heavy (non-hydrogen) atoms. The van der Waals surface area contributed by atoms with Crippen LogP contribution in [0.3, 0.4) is 0 Å². The van der Waals surface area contributed by atoms with Crippen molar-refractivity contribution in [3.05, 3.63) is 41.8 Å². The van der Waals surface area contributed by atoms with Crippen molar-refractivity contribution in [2.75, 3.05) is 32.5 Å². The maximum Gasteiger partial charge on any atom is 0.320 e. The van der Waals surface area contributed by atoms with Gasteiger partial charge < -0.3 is 10.2 Å². The lowest BCUT2D eigenvalue weighted by molar-refractivity contribution is 0.252. The van der Waals surface area contributed by atoms with Crippen molar-refractivity contribution in [3.63, 3.8) is 0 Å². The standard InChI is InChI=1S/C20H23N9OS/c1-4-22-20(30)25-15-12-29-16(24-15)10-14(13-6-5-8-21-11-13)23-18(29)19-27-26-17(31-19)7-9-28(2)3/h5-6,8,10-12H,4,7,9H2,1-3H3,(H2,22,25,30). The second-order valence-electron chi connectivity index (χ2n) is 7.10. The summed E-state index contributed by atoms with van der Waals surface area (Å²) in [7, 11) is 4.05. The van der Waals surface area contributed by atoms with E-state index in [-0.39, 0.29) is 6.03 Å². The number of urea groups is 1. The zero-order chi connectivity index (χ0) is 21.8. The first-order chi connectivity index (χ1) is 15.0. The number of aromatic nitrogens is 6. The molecule has 0 bridgehead atoms. The lowest BCUT2D eigenvalue weighted by Gasteiger charge is -2.06. The summed E-state index contributed by atoms with van der Waals surface area (Å²) in [5.74, 6) is 1.04. The molecule has 4 rings (SSSR count). The Labute approximate surface area is 183 Å². The number of nitrogens with zero attached hydrogens (tertiary/aromatic N) is 7. The van der Waals surface area contributed by atoms with Crippen molar-refractivity contribution in [2.45, 2.75) is 13.3 Å². The van der Waals surface area contributed by atoms with Gasteiger partial charge in [-0.2, -0.15) is 0 Å². The molecule has 4 aromatic rings. The van der Waals surface area contributed by atoms with E-state index in [9.17, 15) is 4.79 Å². The van der Waals surface area contributed by atoms with Gasteiger partial charge in [0.25, 0.3) is 0 Å². The van der Waals surface area contributed by atoms with Gasteiger partial charge in [0.2, 0.25) is 0 Å². The molecule has 2 N–H and O–H groups in total. The van der Waals surface area contributed by atoms with Crippen LogP contribution >= 0.6 is 11.3 Å². The summed E-state index contributed by atoms with van der Waals surface area (Å²) < 4.78 is 1.82. The van der Waals surface area contributed by atoms with Crippen LogP contribution in [0, 0.1) is 0 Å². The van der Waals surface area contributed by atoms with Crippen LogP contribution in [0.15, 0.2) is 36.8 Å². The summed E-state index contributed by atoms with van der Waals surface area (Å²) in [5, 5.41) is 15.8. The molecule has 160 valence electrons. The SMILES string of the molecule is CCNC(=O)Nc1cn2c(-c3nnc(CCN(C)C)s3)nc(-c3cccnc3)cc2n1. The fourth-order valence-corrected chi connectivity index (χ4v) is 3.76. The highest BCUT2D eigenvalue weighted by molar-refractivity contribution is 7.14. The van der Waals surface area contributed by atoms with E-state index < -0.39 is 0 Å². The van der Waals surface area contributed by atoms with Gasteiger partial charge in [-0.3, -0.25) is 14.7 Å². The number of pyridine rings is 1. The van der Waals surface area contributed by atoms with Gasteiger partial charge in [0.05, 0.1) is 11.9 Å². The summed E-state index contributed by atoms with van der Waals surface area (Å²) in [6, 6.07) is 5.35. The van der Waals surface area contributed by atoms with Crippen LogP contribution in [-0.4, -0.2) is 67.7 Å². The van der Waals surface area contributed by atoms with E-state index in [1.54, 1.807) is 18.6 Å². The van der Waals surface area contributed by atoms with E-state index >= 15 is 0 Å². The summed E-state index contributed by atoms with van der Waals surface area (Å²) in [6.07, 6.45) is 6.02. The molecule has 0 saturated heterocycles.